The van der Waals surface area contributed by atoms with Crippen LogP contribution in [0, 0.1) is 11.6 Å². The van der Waals surface area contributed by atoms with Gasteiger partial charge in [-0.3, -0.25) is 4.79 Å². The van der Waals surface area contributed by atoms with Crippen LogP contribution in [0.5, 0.6) is 0 Å². The van der Waals surface area contributed by atoms with E-state index in [0.29, 0.717) is 6.07 Å². The highest BCUT2D eigenvalue weighted by Crippen LogP contribution is 2.39. The molecular formula is C8H4BrF2NO2. The Bertz CT molecular complexity index is 436. The van der Waals surface area contributed by atoms with Crippen LogP contribution in [0.15, 0.2) is 10.5 Å². The molecule has 0 fully saturated rings. The highest BCUT2D eigenvalue weighted by atomic mass is 79.9. The van der Waals surface area contributed by atoms with Gasteiger partial charge in [0.2, 0.25) is 0 Å². The van der Waals surface area contributed by atoms with Gasteiger partial charge in [0.05, 0.1) is 10.2 Å². The van der Waals surface area contributed by atoms with Crippen LogP contribution < -0.4 is 5.32 Å². The number of carbonyl (C=O) groups excluding carboxylic acids is 1. The molecule has 1 aromatic carbocycles. The van der Waals surface area contributed by atoms with Crippen molar-refractivity contribution in [2.75, 3.05) is 5.32 Å². The fourth-order valence-electron chi connectivity index (χ4n) is 1.32. The second-order valence-corrected chi connectivity index (χ2v) is 3.63. The quantitative estimate of drug-likeness (QED) is 0.701. The molecule has 0 aliphatic carbocycles. The van der Waals surface area contributed by atoms with Crippen molar-refractivity contribution >= 4 is 27.5 Å². The van der Waals surface area contributed by atoms with Crippen molar-refractivity contribution in [2.45, 2.75) is 6.10 Å². The molecule has 2 rings (SSSR count). The molecule has 3 nitrogen and oxygen atoms in total. The van der Waals surface area contributed by atoms with E-state index < -0.39 is 23.6 Å². The topological polar surface area (TPSA) is 49.3 Å². The normalized spacial score (nSPS) is 19.4. The van der Waals surface area contributed by atoms with Crippen molar-refractivity contribution in [3.63, 3.8) is 0 Å². The van der Waals surface area contributed by atoms with Crippen LogP contribution >= 0.6 is 15.9 Å². The standard InChI is InChI=1S/C8H4BrF2NO2/c9-5-2(10)1-3(11)6-4(5)7(13)8(14)12-6/h1,7,13H,(H,12,14). The van der Waals surface area contributed by atoms with Crippen LogP contribution in [0.3, 0.4) is 0 Å². The minimum Gasteiger partial charge on any atom is -0.378 e. The maximum Gasteiger partial charge on any atom is 0.258 e. The zero-order valence-corrected chi connectivity index (χ0v) is 8.23. The van der Waals surface area contributed by atoms with E-state index in [1.165, 1.54) is 0 Å². The monoisotopic (exact) mass is 263 g/mol. The van der Waals surface area contributed by atoms with Crippen LogP contribution in [0.1, 0.15) is 11.7 Å². The van der Waals surface area contributed by atoms with E-state index in [1.807, 2.05) is 0 Å². The van der Waals surface area contributed by atoms with E-state index >= 15 is 0 Å². The zero-order chi connectivity index (χ0) is 10.5. The van der Waals surface area contributed by atoms with Crippen molar-refractivity contribution in [1.29, 1.82) is 0 Å². The van der Waals surface area contributed by atoms with Crippen molar-refractivity contribution in [2.24, 2.45) is 0 Å². The molecule has 1 heterocycles. The number of benzene rings is 1. The van der Waals surface area contributed by atoms with Gasteiger partial charge in [-0.15, -0.1) is 0 Å². The largest absolute Gasteiger partial charge is 0.378 e. The average Bonchev–Trinajstić information content (AvgIpc) is 2.41. The lowest BCUT2D eigenvalue weighted by molar-refractivity contribution is -0.123. The van der Waals surface area contributed by atoms with Crippen LogP contribution in [0.25, 0.3) is 0 Å². The predicted octanol–water partition coefficient (Wildman–Crippen LogP) is 1.71. The minimum atomic E-state index is -1.52. The second-order valence-electron chi connectivity index (χ2n) is 2.83. The van der Waals surface area contributed by atoms with Crippen LogP contribution in [0.4, 0.5) is 14.5 Å². The van der Waals surface area contributed by atoms with E-state index in [9.17, 15) is 18.7 Å². The summed E-state index contributed by atoms with van der Waals surface area (Å²) in [5, 5.41) is 11.4. The molecule has 14 heavy (non-hydrogen) atoms. The van der Waals surface area contributed by atoms with Gasteiger partial charge in [-0.05, 0) is 15.9 Å². The number of carbonyl (C=O) groups is 1. The summed E-state index contributed by atoms with van der Waals surface area (Å²) >= 11 is 2.84. The average molecular weight is 264 g/mol. The van der Waals surface area contributed by atoms with Gasteiger partial charge >= 0.3 is 0 Å². The van der Waals surface area contributed by atoms with Gasteiger partial charge in [-0.25, -0.2) is 8.78 Å². The van der Waals surface area contributed by atoms with E-state index in [4.69, 9.17) is 0 Å². The molecule has 0 saturated carbocycles. The van der Waals surface area contributed by atoms with Gasteiger partial charge in [0.1, 0.15) is 11.6 Å². The molecule has 1 aliphatic rings. The Hall–Kier alpha value is -1.01. The summed E-state index contributed by atoms with van der Waals surface area (Å²) < 4.78 is 26.0. The summed E-state index contributed by atoms with van der Waals surface area (Å²) in [5.74, 6) is -2.51. The number of aliphatic hydroxyl groups excluding tert-OH is 1. The molecule has 74 valence electrons. The predicted molar refractivity (Wildman–Crippen MR) is 47.6 cm³/mol. The summed E-state index contributed by atoms with van der Waals surface area (Å²) in [4.78, 5) is 11.0. The fraction of sp³-hybridized carbons (Fsp3) is 0.125. The zero-order valence-electron chi connectivity index (χ0n) is 6.64. The van der Waals surface area contributed by atoms with E-state index in [-0.39, 0.29) is 15.7 Å². The SMILES string of the molecule is O=C1Nc2c(F)cc(F)c(Br)c2C1O. The van der Waals surface area contributed by atoms with Gasteiger partial charge < -0.3 is 10.4 Å². The van der Waals surface area contributed by atoms with Gasteiger partial charge in [0.25, 0.3) is 5.91 Å². The number of anilines is 1. The third kappa shape index (κ3) is 1.14. The third-order valence-corrected chi connectivity index (χ3v) is 2.78. The molecule has 1 atom stereocenters. The summed E-state index contributed by atoms with van der Waals surface area (Å²) in [6.07, 6.45) is -1.52. The van der Waals surface area contributed by atoms with Crippen LogP contribution in [-0.4, -0.2) is 11.0 Å². The Kier molecular flexibility index (Phi) is 2.04. The molecule has 0 bridgehead atoms. The highest BCUT2D eigenvalue weighted by molar-refractivity contribution is 9.10. The molecule has 0 aromatic heterocycles. The molecule has 1 unspecified atom stereocenters. The number of halogens is 3. The molecule has 0 spiro atoms. The van der Waals surface area contributed by atoms with Gasteiger partial charge in [-0.2, -0.15) is 0 Å². The first kappa shape index (κ1) is 9.54. The lowest BCUT2D eigenvalue weighted by atomic mass is 10.1. The summed E-state index contributed by atoms with van der Waals surface area (Å²) in [6.45, 7) is 0. The molecule has 6 heteroatoms. The Balaban J connectivity index is 2.73. The van der Waals surface area contributed by atoms with E-state index in [1.54, 1.807) is 0 Å². The first-order chi connectivity index (χ1) is 6.52. The lowest BCUT2D eigenvalue weighted by Crippen LogP contribution is -2.11. The van der Waals surface area contributed by atoms with Gasteiger partial charge in [-0.1, -0.05) is 0 Å². The summed E-state index contributed by atoms with van der Waals surface area (Å²) in [6, 6.07) is 0.640. The maximum atomic E-state index is 13.1. The molecule has 0 radical (unpaired) electrons. The highest BCUT2D eigenvalue weighted by Gasteiger charge is 2.34. The Morgan fingerprint density at radius 2 is 2.07 bits per heavy atom. The van der Waals surface area contributed by atoms with Crippen molar-refractivity contribution in [1.82, 2.24) is 0 Å². The fourth-order valence-corrected chi connectivity index (χ4v) is 1.85. The van der Waals surface area contributed by atoms with Crippen molar-refractivity contribution in [3.05, 3.63) is 27.7 Å². The molecule has 2 N–H and O–H groups in total. The number of nitrogens with one attached hydrogen (secondary N) is 1. The van der Waals surface area contributed by atoms with Crippen molar-refractivity contribution in [3.8, 4) is 0 Å². The molecule has 0 saturated heterocycles. The Labute approximate surface area is 85.9 Å². The summed E-state index contributed by atoms with van der Waals surface area (Å²) in [7, 11) is 0. The second kappa shape index (κ2) is 2.99. The smallest absolute Gasteiger partial charge is 0.258 e. The molecular weight excluding hydrogens is 260 g/mol. The number of hydrogen-bond donors (Lipinski definition) is 2. The van der Waals surface area contributed by atoms with E-state index in [2.05, 4.69) is 21.2 Å². The molecule has 1 amide bonds. The minimum absolute atomic E-state index is 0.0903. The van der Waals surface area contributed by atoms with E-state index in [0.717, 1.165) is 0 Å². The lowest BCUT2D eigenvalue weighted by Gasteiger charge is -2.05. The Morgan fingerprint density at radius 1 is 1.43 bits per heavy atom. The number of rotatable bonds is 0. The number of amides is 1. The third-order valence-electron chi connectivity index (χ3n) is 1.98. The Morgan fingerprint density at radius 3 is 2.71 bits per heavy atom. The number of hydrogen-bond acceptors (Lipinski definition) is 2. The number of fused-ring (bicyclic) bond motifs is 1. The first-order valence-electron chi connectivity index (χ1n) is 3.68. The van der Waals surface area contributed by atoms with Crippen molar-refractivity contribution < 1.29 is 18.7 Å². The van der Waals surface area contributed by atoms with Gasteiger partial charge in [0, 0.05) is 11.6 Å². The molecule has 1 aliphatic heterocycles. The maximum absolute atomic E-state index is 13.1. The molecule has 1 aromatic rings. The first-order valence-corrected chi connectivity index (χ1v) is 4.48. The number of aliphatic hydroxyl groups is 1. The van der Waals surface area contributed by atoms with Crippen LogP contribution in [0.2, 0.25) is 0 Å². The summed E-state index contributed by atoms with van der Waals surface area (Å²) in [5.41, 5.74) is -0.261. The van der Waals surface area contributed by atoms with Gasteiger partial charge in [0.15, 0.2) is 6.10 Å². The van der Waals surface area contributed by atoms with Crippen LogP contribution in [-0.2, 0) is 4.79 Å².